The Kier molecular flexibility index (Phi) is 3.83. The molecule has 0 spiro atoms. The molecule has 0 bridgehead atoms. The number of thiophene rings is 1. The van der Waals surface area contributed by atoms with E-state index >= 15 is 0 Å². The number of aromatic nitrogens is 1. The third kappa shape index (κ3) is 2.66. The van der Waals surface area contributed by atoms with Crippen LogP contribution in [0, 0.1) is 12.3 Å². The molecule has 0 atom stereocenters. The molecular weight excluding hydrogens is 398 g/mol. The van der Waals surface area contributed by atoms with E-state index in [1.807, 2.05) is 11.3 Å². The molecule has 2 nitrogen and oxygen atoms in total. The SMILES string of the molecule is Cc1c2c(c(CC(C)(C)C)c3ccccc13)Oc1cc3ccsc3c3cc[n+](C)c-2c13. The van der Waals surface area contributed by atoms with Gasteiger partial charge in [0.1, 0.15) is 18.5 Å². The number of hydrogen-bond acceptors (Lipinski definition) is 2. The zero-order valence-corrected chi connectivity index (χ0v) is 19.5. The Hall–Kier alpha value is -2.91. The van der Waals surface area contributed by atoms with Crippen molar-refractivity contribution in [2.45, 2.75) is 34.1 Å². The van der Waals surface area contributed by atoms with Crippen molar-refractivity contribution in [2.75, 3.05) is 0 Å². The van der Waals surface area contributed by atoms with Crippen LogP contribution in [-0.2, 0) is 13.5 Å². The maximum absolute atomic E-state index is 6.84. The van der Waals surface area contributed by atoms with Gasteiger partial charge in [-0.05, 0) is 58.0 Å². The van der Waals surface area contributed by atoms with E-state index in [0.717, 1.165) is 17.9 Å². The van der Waals surface area contributed by atoms with Gasteiger partial charge in [-0.3, -0.25) is 0 Å². The summed E-state index contributed by atoms with van der Waals surface area (Å²) in [6.45, 7) is 9.17. The largest absolute Gasteiger partial charge is 0.455 e. The van der Waals surface area contributed by atoms with Gasteiger partial charge in [-0.15, -0.1) is 11.3 Å². The summed E-state index contributed by atoms with van der Waals surface area (Å²) in [5.41, 5.74) is 5.28. The maximum Gasteiger partial charge on any atom is 0.228 e. The van der Waals surface area contributed by atoms with Gasteiger partial charge in [0.15, 0.2) is 6.20 Å². The maximum atomic E-state index is 6.84. The topological polar surface area (TPSA) is 13.1 Å². The Balaban J connectivity index is 1.83. The predicted octanol–water partition coefficient (Wildman–Crippen LogP) is 7.70. The smallest absolute Gasteiger partial charge is 0.228 e. The molecule has 0 fully saturated rings. The first-order valence-corrected chi connectivity index (χ1v) is 11.8. The normalized spacial score (nSPS) is 13.1. The van der Waals surface area contributed by atoms with Gasteiger partial charge in [0.25, 0.3) is 0 Å². The molecule has 3 heterocycles. The van der Waals surface area contributed by atoms with Crippen molar-refractivity contribution < 1.29 is 9.30 Å². The molecule has 0 radical (unpaired) electrons. The minimum Gasteiger partial charge on any atom is -0.455 e. The molecule has 0 unspecified atom stereocenters. The first kappa shape index (κ1) is 18.8. The third-order valence-electron chi connectivity index (χ3n) is 6.49. The number of aryl methyl sites for hydroxylation is 2. The highest BCUT2D eigenvalue weighted by Crippen LogP contribution is 2.53. The predicted molar refractivity (Wildman–Crippen MR) is 131 cm³/mol. The molecule has 0 aliphatic carbocycles. The number of nitrogens with zero attached hydrogens (tertiary/aromatic N) is 1. The molecule has 3 heteroatoms. The van der Waals surface area contributed by atoms with Crippen LogP contribution in [0.3, 0.4) is 0 Å². The fourth-order valence-electron chi connectivity index (χ4n) is 5.20. The summed E-state index contributed by atoms with van der Waals surface area (Å²) in [7, 11) is 2.16. The van der Waals surface area contributed by atoms with Crippen LogP contribution in [0.1, 0.15) is 31.9 Å². The number of fused-ring (bicyclic) bond motifs is 5. The zero-order chi connectivity index (χ0) is 21.5. The molecule has 1 aliphatic heterocycles. The van der Waals surface area contributed by atoms with Crippen LogP contribution in [0.25, 0.3) is 42.9 Å². The molecule has 0 N–H and O–H groups in total. The molecular formula is C28H26NOS+. The molecule has 6 rings (SSSR count). The van der Waals surface area contributed by atoms with Crippen molar-refractivity contribution >= 4 is 43.0 Å². The van der Waals surface area contributed by atoms with Gasteiger partial charge in [-0.2, -0.15) is 0 Å². The van der Waals surface area contributed by atoms with E-state index in [-0.39, 0.29) is 5.41 Å². The molecule has 5 aromatic rings. The van der Waals surface area contributed by atoms with E-state index in [0.29, 0.717) is 0 Å². The van der Waals surface area contributed by atoms with Crippen LogP contribution in [0.2, 0.25) is 0 Å². The zero-order valence-electron chi connectivity index (χ0n) is 18.7. The lowest BCUT2D eigenvalue weighted by molar-refractivity contribution is -0.659. The molecule has 154 valence electrons. The van der Waals surface area contributed by atoms with Crippen molar-refractivity contribution in [3.8, 4) is 22.8 Å². The van der Waals surface area contributed by atoms with Crippen LogP contribution < -0.4 is 9.30 Å². The molecule has 31 heavy (non-hydrogen) atoms. The first-order valence-electron chi connectivity index (χ1n) is 10.9. The Labute approximate surface area is 186 Å². The summed E-state index contributed by atoms with van der Waals surface area (Å²) >= 11 is 1.81. The quantitative estimate of drug-likeness (QED) is 0.246. The lowest BCUT2D eigenvalue weighted by Crippen LogP contribution is -2.32. The molecule has 2 aromatic heterocycles. The van der Waals surface area contributed by atoms with E-state index in [2.05, 4.69) is 93.4 Å². The number of rotatable bonds is 1. The standard InChI is InChI=1S/C28H26NOS/c1-16-18-8-6-7-9-19(18)21(15-28(2,3)4)26-23(16)25-24-20(10-12-29(25)5)27-17(11-13-31-27)14-22(24)30-26/h6-14H,15H2,1-5H3/q+1. The highest BCUT2D eigenvalue weighted by molar-refractivity contribution is 7.18. The fourth-order valence-corrected chi connectivity index (χ4v) is 6.11. The Morgan fingerprint density at radius 3 is 2.55 bits per heavy atom. The Morgan fingerprint density at radius 1 is 1.00 bits per heavy atom. The summed E-state index contributed by atoms with van der Waals surface area (Å²) in [5, 5.41) is 8.57. The van der Waals surface area contributed by atoms with Crippen LogP contribution in [-0.4, -0.2) is 0 Å². The molecule has 0 saturated heterocycles. The van der Waals surface area contributed by atoms with Gasteiger partial charge in [0.2, 0.25) is 5.69 Å². The number of ether oxygens (including phenoxy) is 1. The summed E-state index contributed by atoms with van der Waals surface area (Å²) < 4.78 is 10.4. The van der Waals surface area contributed by atoms with Gasteiger partial charge in [0, 0.05) is 21.7 Å². The van der Waals surface area contributed by atoms with E-state index < -0.39 is 0 Å². The monoisotopic (exact) mass is 424 g/mol. The Bertz CT molecular complexity index is 1530. The second-order valence-electron chi connectivity index (χ2n) is 9.97. The van der Waals surface area contributed by atoms with Gasteiger partial charge in [0.05, 0.1) is 10.9 Å². The van der Waals surface area contributed by atoms with Gasteiger partial charge in [-0.25, -0.2) is 4.57 Å². The van der Waals surface area contributed by atoms with E-state index in [4.69, 9.17) is 4.74 Å². The minimum absolute atomic E-state index is 0.154. The van der Waals surface area contributed by atoms with Crippen LogP contribution in [0.4, 0.5) is 0 Å². The summed E-state index contributed by atoms with van der Waals surface area (Å²) in [6.07, 6.45) is 3.17. The van der Waals surface area contributed by atoms with E-state index in [1.165, 1.54) is 54.0 Å². The molecule has 3 aromatic carbocycles. The average Bonchev–Trinajstić information content (AvgIpc) is 3.20. The highest BCUT2D eigenvalue weighted by atomic mass is 32.1. The van der Waals surface area contributed by atoms with Crippen molar-refractivity contribution in [1.29, 1.82) is 0 Å². The molecule has 0 amide bonds. The van der Waals surface area contributed by atoms with Crippen molar-refractivity contribution in [1.82, 2.24) is 0 Å². The Morgan fingerprint density at radius 2 is 1.77 bits per heavy atom. The lowest BCUT2D eigenvalue weighted by atomic mass is 9.82. The van der Waals surface area contributed by atoms with Crippen molar-refractivity contribution in [3.63, 3.8) is 0 Å². The van der Waals surface area contributed by atoms with Gasteiger partial charge in [-0.1, -0.05) is 45.0 Å². The summed E-state index contributed by atoms with van der Waals surface area (Å²) in [6, 6.07) is 15.5. The first-order chi connectivity index (χ1) is 14.8. The summed E-state index contributed by atoms with van der Waals surface area (Å²) in [4.78, 5) is 0. The van der Waals surface area contributed by atoms with Crippen LogP contribution >= 0.6 is 11.3 Å². The van der Waals surface area contributed by atoms with Crippen LogP contribution in [0.15, 0.2) is 54.0 Å². The van der Waals surface area contributed by atoms with Crippen molar-refractivity contribution in [3.05, 3.63) is 65.2 Å². The van der Waals surface area contributed by atoms with Crippen molar-refractivity contribution in [2.24, 2.45) is 12.5 Å². The number of hydrogen-bond donors (Lipinski definition) is 0. The molecule has 1 aliphatic rings. The lowest BCUT2D eigenvalue weighted by Gasteiger charge is -2.28. The fraction of sp³-hybridized carbons (Fsp3) is 0.250. The highest BCUT2D eigenvalue weighted by Gasteiger charge is 2.34. The van der Waals surface area contributed by atoms with E-state index in [9.17, 15) is 0 Å². The van der Waals surface area contributed by atoms with Crippen LogP contribution in [0.5, 0.6) is 11.5 Å². The number of benzene rings is 3. The third-order valence-corrected chi connectivity index (χ3v) is 7.45. The average molecular weight is 425 g/mol. The molecule has 0 saturated carbocycles. The summed E-state index contributed by atoms with van der Waals surface area (Å²) in [5.74, 6) is 2.01. The number of pyridine rings is 1. The van der Waals surface area contributed by atoms with Gasteiger partial charge >= 0.3 is 0 Å². The van der Waals surface area contributed by atoms with Gasteiger partial charge < -0.3 is 4.74 Å². The second-order valence-corrected chi connectivity index (χ2v) is 10.9. The van der Waals surface area contributed by atoms with E-state index in [1.54, 1.807) is 0 Å². The second kappa shape index (κ2) is 6.30. The minimum atomic E-state index is 0.154.